The van der Waals surface area contributed by atoms with Crippen molar-refractivity contribution < 1.29 is 9.53 Å². The minimum absolute atomic E-state index is 0.293. The fourth-order valence-corrected chi connectivity index (χ4v) is 2.62. The van der Waals surface area contributed by atoms with Crippen molar-refractivity contribution in [3.05, 3.63) is 32.9 Å². The molecule has 0 aromatic heterocycles. The van der Waals surface area contributed by atoms with Crippen molar-refractivity contribution in [1.82, 2.24) is 0 Å². The fraction of sp³-hybridized carbons (Fsp3) is 0.222. The number of carbonyl (C=O) groups excluding carboxylic acids is 1. The predicted octanol–water partition coefficient (Wildman–Crippen LogP) is 2.97. The van der Waals surface area contributed by atoms with Gasteiger partial charge < -0.3 is 4.74 Å². The summed E-state index contributed by atoms with van der Waals surface area (Å²) in [6.07, 6.45) is 0. The van der Waals surface area contributed by atoms with Crippen molar-refractivity contribution in [3.63, 3.8) is 0 Å². The van der Waals surface area contributed by atoms with E-state index < -0.39 is 0 Å². The molecule has 0 radical (unpaired) electrons. The van der Waals surface area contributed by atoms with Crippen molar-refractivity contribution in [2.45, 2.75) is 5.33 Å². The van der Waals surface area contributed by atoms with Gasteiger partial charge in [0.1, 0.15) is 0 Å². The highest BCUT2D eigenvalue weighted by molar-refractivity contribution is 14.1. The summed E-state index contributed by atoms with van der Waals surface area (Å²) in [5.41, 5.74) is 1.77. The van der Waals surface area contributed by atoms with Crippen LogP contribution in [0.5, 0.6) is 0 Å². The van der Waals surface area contributed by atoms with Crippen molar-refractivity contribution in [2.75, 3.05) is 7.11 Å². The summed E-state index contributed by atoms with van der Waals surface area (Å²) >= 11 is 5.56. The Hall–Kier alpha value is -0.100. The maximum absolute atomic E-state index is 11.1. The first-order chi connectivity index (χ1) is 6.19. The Morgan fingerprint density at radius 2 is 2.31 bits per heavy atom. The smallest absolute Gasteiger partial charge is 0.337 e. The van der Waals surface area contributed by atoms with Crippen LogP contribution in [0.3, 0.4) is 0 Å². The van der Waals surface area contributed by atoms with Crippen LogP contribution < -0.4 is 0 Å². The first-order valence-corrected chi connectivity index (χ1v) is 5.81. The molecule has 0 fully saturated rings. The topological polar surface area (TPSA) is 26.3 Å². The number of ether oxygens (including phenoxy) is 1. The van der Waals surface area contributed by atoms with Crippen LogP contribution in [0.25, 0.3) is 0 Å². The van der Waals surface area contributed by atoms with Crippen LogP contribution in [0.4, 0.5) is 0 Å². The van der Waals surface area contributed by atoms with Crippen molar-refractivity contribution in [2.24, 2.45) is 0 Å². The van der Waals surface area contributed by atoms with Gasteiger partial charge in [-0.2, -0.15) is 0 Å². The van der Waals surface area contributed by atoms with Gasteiger partial charge in [0.2, 0.25) is 0 Å². The Labute approximate surface area is 98.9 Å². The lowest BCUT2D eigenvalue weighted by molar-refractivity contribution is 0.0600. The molecule has 0 bridgehead atoms. The maximum atomic E-state index is 11.1. The molecule has 0 saturated carbocycles. The molecule has 1 aromatic carbocycles. The van der Waals surface area contributed by atoms with Gasteiger partial charge in [0, 0.05) is 8.90 Å². The van der Waals surface area contributed by atoms with Crippen LogP contribution in [0.15, 0.2) is 18.2 Å². The molecule has 0 aliphatic rings. The highest BCUT2D eigenvalue weighted by Gasteiger charge is 2.07. The van der Waals surface area contributed by atoms with E-state index in [0.29, 0.717) is 5.56 Å². The molecule has 4 heteroatoms. The fourth-order valence-electron chi connectivity index (χ4n) is 0.901. The highest BCUT2D eigenvalue weighted by atomic mass is 127. The molecular weight excluding hydrogens is 347 g/mol. The minimum Gasteiger partial charge on any atom is -0.465 e. The SMILES string of the molecule is COC(=O)c1ccc(CBr)c(I)c1. The van der Waals surface area contributed by atoms with Gasteiger partial charge >= 0.3 is 5.97 Å². The normalized spacial score (nSPS) is 9.77. The minimum atomic E-state index is -0.293. The summed E-state index contributed by atoms with van der Waals surface area (Å²) in [4.78, 5) is 11.1. The number of esters is 1. The third-order valence-corrected chi connectivity index (χ3v) is 3.23. The summed E-state index contributed by atoms with van der Waals surface area (Å²) in [7, 11) is 1.38. The Morgan fingerprint density at radius 1 is 1.62 bits per heavy atom. The molecule has 0 spiro atoms. The van der Waals surface area contributed by atoms with Crippen molar-refractivity contribution in [3.8, 4) is 0 Å². The third kappa shape index (κ3) is 2.67. The molecule has 0 heterocycles. The van der Waals surface area contributed by atoms with Crippen molar-refractivity contribution in [1.29, 1.82) is 0 Å². The van der Waals surface area contributed by atoms with Gasteiger partial charge in [-0.1, -0.05) is 22.0 Å². The molecule has 0 aliphatic heterocycles. The van der Waals surface area contributed by atoms with Crippen LogP contribution in [0.1, 0.15) is 15.9 Å². The molecule has 1 aromatic rings. The van der Waals surface area contributed by atoms with Gasteiger partial charge in [-0.05, 0) is 40.3 Å². The largest absolute Gasteiger partial charge is 0.465 e. The summed E-state index contributed by atoms with van der Waals surface area (Å²) in [6, 6.07) is 5.51. The first-order valence-electron chi connectivity index (χ1n) is 3.61. The lowest BCUT2D eigenvalue weighted by atomic mass is 10.1. The summed E-state index contributed by atoms with van der Waals surface area (Å²) < 4.78 is 5.68. The second-order valence-electron chi connectivity index (χ2n) is 2.43. The molecule has 1 rings (SSSR count). The van der Waals surface area contributed by atoms with Gasteiger partial charge in [-0.15, -0.1) is 0 Å². The molecule has 0 atom stereocenters. The number of methoxy groups -OCH3 is 1. The van der Waals surface area contributed by atoms with Gasteiger partial charge in [0.15, 0.2) is 0 Å². The van der Waals surface area contributed by atoms with E-state index in [1.165, 1.54) is 12.7 Å². The van der Waals surface area contributed by atoms with E-state index in [-0.39, 0.29) is 5.97 Å². The van der Waals surface area contributed by atoms with E-state index in [2.05, 4.69) is 43.3 Å². The standard InChI is InChI=1S/C9H8BrIO2/c1-13-9(12)6-2-3-7(5-10)8(11)4-6/h2-4H,5H2,1H3. The van der Waals surface area contributed by atoms with Gasteiger partial charge in [0.25, 0.3) is 0 Å². The van der Waals surface area contributed by atoms with Crippen LogP contribution in [0, 0.1) is 3.57 Å². The van der Waals surface area contributed by atoms with E-state index in [9.17, 15) is 4.79 Å². The molecule has 2 nitrogen and oxygen atoms in total. The molecule has 70 valence electrons. The van der Waals surface area contributed by atoms with Gasteiger partial charge in [-0.3, -0.25) is 0 Å². The third-order valence-electron chi connectivity index (χ3n) is 1.62. The maximum Gasteiger partial charge on any atom is 0.337 e. The lowest BCUT2D eigenvalue weighted by Gasteiger charge is -2.03. The highest BCUT2D eigenvalue weighted by Crippen LogP contribution is 2.17. The zero-order valence-corrected chi connectivity index (χ0v) is 10.8. The summed E-state index contributed by atoms with van der Waals surface area (Å²) in [6.45, 7) is 0. The molecule has 13 heavy (non-hydrogen) atoms. The number of alkyl halides is 1. The van der Waals surface area contributed by atoms with E-state index in [0.717, 1.165) is 8.90 Å². The zero-order chi connectivity index (χ0) is 9.84. The molecular formula is C9H8BrIO2. The summed E-state index contributed by atoms with van der Waals surface area (Å²) in [5, 5.41) is 0.798. The van der Waals surface area contributed by atoms with Gasteiger partial charge in [0.05, 0.1) is 12.7 Å². The van der Waals surface area contributed by atoms with Crippen LogP contribution >= 0.6 is 38.5 Å². The van der Waals surface area contributed by atoms with Crippen molar-refractivity contribution >= 4 is 44.5 Å². The molecule has 0 saturated heterocycles. The Balaban J connectivity index is 3.02. The number of halogens is 2. The molecule has 0 N–H and O–H groups in total. The van der Waals surface area contributed by atoms with Crippen LogP contribution in [0.2, 0.25) is 0 Å². The average molecular weight is 355 g/mol. The zero-order valence-electron chi connectivity index (χ0n) is 7.01. The predicted molar refractivity (Wildman–Crippen MR) is 63.1 cm³/mol. The number of hydrogen-bond donors (Lipinski definition) is 0. The molecule has 0 amide bonds. The Morgan fingerprint density at radius 3 is 2.77 bits per heavy atom. The van der Waals surface area contributed by atoms with E-state index >= 15 is 0 Å². The van der Waals surface area contributed by atoms with E-state index in [1.54, 1.807) is 6.07 Å². The van der Waals surface area contributed by atoms with E-state index in [1.807, 2.05) is 12.1 Å². The monoisotopic (exact) mass is 354 g/mol. The number of hydrogen-bond acceptors (Lipinski definition) is 2. The number of benzene rings is 1. The molecule has 0 aliphatic carbocycles. The van der Waals surface area contributed by atoms with Crippen LogP contribution in [-0.2, 0) is 10.1 Å². The number of carbonyl (C=O) groups is 1. The quantitative estimate of drug-likeness (QED) is 0.463. The van der Waals surface area contributed by atoms with Gasteiger partial charge in [-0.25, -0.2) is 4.79 Å². The van der Waals surface area contributed by atoms with E-state index in [4.69, 9.17) is 0 Å². The molecule has 0 unspecified atom stereocenters. The second kappa shape index (κ2) is 4.95. The first kappa shape index (κ1) is 11.0. The second-order valence-corrected chi connectivity index (χ2v) is 4.15. The Bertz CT molecular complexity index is 325. The number of rotatable bonds is 2. The summed E-state index contributed by atoms with van der Waals surface area (Å²) in [5.74, 6) is -0.293. The van der Waals surface area contributed by atoms with Crippen LogP contribution in [-0.4, -0.2) is 13.1 Å². The lowest BCUT2D eigenvalue weighted by Crippen LogP contribution is -2.01. The Kier molecular flexibility index (Phi) is 4.18. The average Bonchev–Trinajstić information content (AvgIpc) is 2.16.